The predicted octanol–water partition coefficient (Wildman–Crippen LogP) is 0.643. The van der Waals surface area contributed by atoms with E-state index >= 15 is 0 Å². The number of aliphatic carboxylic acids is 1. The minimum atomic E-state index is -0.805. The Bertz CT molecular complexity index is 362. The lowest BCUT2D eigenvalue weighted by Crippen LogP contribution is -2.35. The van der Waals surface area contributed by atoms with Crippen molar-refractivity contribution in [1.82, 2.24) is 15.1 Å². The Morgan fingerprint density at radius 2 is 2.29 bits per heavy atom. The third-order valence-electron chi connectivity index (χ3n) is 2.30. The zero-order chi connectivity index (χ0) is 12.7. The maximum Gasteiger partial charge on any atom is 0.303 e. The van der Waals surface area contributed by atoms with E-state index in [9.17, 15) is 9.59 Å². The van der Waals surface area contributed by atoms with Gasteiger partial charge in [-0.05, 0) is 25.8 Å². The SMILES string of the molecule is CC(CCCC(=O)O)NC(=O)Cn1cccn1. The number of carboxylic acids is 1. The minimum absolute atomic E-state index is 0.0163. The molecule has 0 saturated carbocycles. The largest absolute Gasteiger partial charge is 0.481 e. The second-order valence-corrected chi connectivity index (χ2v) is 3.96. The van der Waals surface area contributed by atoms with E-state index in [2.05, 4.69) is 10.4 Å². The third-order valence-corrected chi connectivity index (χ3v) is 2.30. The molecule has 0 aliphatic heterocycles. The fraction of sp³-hybridized carbons (Fsp3) is 0.545. The van der Waals surface area contributed by atoms with Crippen LogP contribution < -0.4 is 5.32 Å². The van der Waals surface area contributed by atoms with E-state index in [4.69, 9.17) is 5.11 Å². The van der Waals surface area contributed by atoms with Crippen LogP contribution in [0.15, 0.2) is 18.5 Å². The van der Waals surface area contributed by atoms with Gasteiger partial charge in [0.2, 0.25) is 5.91 Å². The molecule has 1 amide bonds. The van der Waals surface area contributed by atoms with Gasteiger partial charge in [0.25, 0.3) is 0 Å². The zero-order valence-corrected chi connectivity index (χ0v) is 9.80. The molecule has 1 rings (SSSR count). The maximum absolute atomic E-state index is 11.5. The summed E-state index contributed by atoms with van der Waals surface area (Å²) in [5.74, 6) is -0.920. The van der Waals surface area contributed by atoms with Crippen LogP contribution in [0.1, 0.15) is 26.2 Å². The van der Waals surface area contributed by atoms with E-state index in [-0.39, 0.29) is 24.9 Å². The lowest BCUT2D eigenvalue weighted by molar-refractivity contribution is -0.137. The third kappa shape index (κ3) is 5.70. The summed E-state index contributed by atoms with van der Waals surface area (Å²) in [6, 6.07) is 1.74. The number of amides is 1. The Morgan fingerprint density at radius 3 is 2.88 bits per heavy atom. The summed E-state index contributed by atoms with van der Waals surface area (Å²) >= 11 is 0. The fourth-order valence-electron chi connectivity index (χ4n) is 1.49. The van der Waals surface area contributed by atoms with Crippen LogP contribution in [0.4, 0.5) is 0 Å². The van der Waals surface area contributed by atoms with Crippen LogP contribution in [0.25, 0.3) is 0 Å². The lowest BCUT2D eigenvalue weighted by Gasteiger charge is -2.13. The summed E-state index contributed by atoms with van der Waals surface area (Å²) in [5, 5.41) is 15.2. The molecule has 0 fully saturated rings. The highest BCUT2D eigenvalue weighted by Gasteiger charge is 2.08. The highest BCUT2D eigenvalue weighted by atomic mass is 16.4. The molecule has 0 aliphatic rings. The molecule has 1 aromatic heterocycles. The number of nitrogens with zero attached hydrogens (tertiary/aromatic N) is 2. The minimum Gasteiger partial charge on any atom is -0.481 e. The van der Waals surface area contributed by atoms with Gasteiger partial charge in [0, 0.05) is 24.9 Å². The topological polar surface area (TPSA) is 84.2 Å². The number of nitrogens with one attached hydrogen (secondary N) is 1. The first kappa shape index (κ1) is 13.2. The van der Waals surface area contributed by atoms with Crippen LogP contribution in [-0.4, -0.2) is 32.8 Å². The van der Waals surface area contributed by atoms with Crippen molar-refractivity contribution in [3.63, 3.8) is 0 Å². The van der Waals surface area contributed by atoms with Gasteiger partial charge in [0.1, 0.15) is 6.54 Å². The van der Waals surface area contributed by atoms with Gasteiger partial charge < -0.3 is 10.4 Å². The Hall–Kier alpha value is -1.85. The number of aromatic nitrogens is 2. The molecule has 1 unspecified atom stereocenters. The summed E-state index contributed by atoms with van der Waals surface area (Å²) in [6.45, 7) is 2.05. The van der Waals surface area contributed by atoms with Gasteiger partial charge in [-0.3, -0.25) is 14.3 Å². The molecule has 0 spiro atoms. The average Bonchev–Trinajstić information content (AvgIpc) is 2.69. The van der Waals surface area contributed by atoms with Crippen molar-refractivity contribution in [2.75, 3.05) is 0 Å². The normalized spacial score (nSPS) is 12.1. The van der Waals surface area contributed by atoms with Crippen LogP contribution in [0, 0.1) is 0 Å². The zero-order valence-electron chi connectivity index (χ0n) is 9.80. The smallest absolute Gasteiger partial charge is 0.303 e. The fourth-order valence-corrected chi connectivity index (χ4v) is 1.49. The van der Waals surface area contributed by atoms with Crippen molar-refractivity contribution in [1.29, 1.82) is 0 Å². The molecular formula is C11H17N3O3. The highest BCUT2D eigenvalue weighted by Crippen LogP contribution is 2.00. The van der Waals surface area contributed by atoms with Crippen molar-refractivity contribution in [2.45, 2.75) is 38.8 Å². The van der Waals surface area contributed by atoms with E-state index in [1.54, 1.807) is 23.1 Å². The van der Waals surface area contributed by atoms with Crippen LogP contribution >= 0.6 is 0 Å². The number of carbonyl (C=O) groups excluding carboxylic acids is 1. The molecule has 6 heteroatoms. The quantitative estimate of drug-likeness (QED) is 0.731. The Balaban J connectivity index is 2.19. The summed E-state index contributed by atoms with van der Waals surface area (Å²) in [6.07, 6.45) is 4.70. The van der Waals surface area contributed by atoms with E-state index < -0.39 is 5.97 Å². The highest BCUT2D eigenvalue weighted by molar-refractivity contribution is 5.75. The van der Waals surface area contributed by atoms with Gasteiger partial charge in [-0.1, -0.05) is 0 Å². The van der Waals surface area contributed by atoms with E-state index in [0.29, 0.717) is 12.8 Å². The van der Waals surface area contributed by atoms with Gasteiger partial charge in [-0.15, -0.1) is 0 Å². The molecule has 1 aromatic rings. The molecule has 6 nitrogen and oxygen atoms in total. The average molecular weight is 239 g/mol. The molecule has 0 aliphatic carbocycles. The van der Waals surface area contributed by atoms with Gasteiger partial charge >= 0.3 is 5.97 Å². The van der Waals surface area contributed by atoms with Crippen LogP contribution in [0.2, 0.25) is 0 Å². The molecule has 1 heterocycles. The van der Waals surface area contributed by atoms with Gasteiger partial charge in [-0.25, -0.2) is 0 Å². The monoisotopic (exact) mass is 239 g/mol. The Labute approximate surface area is 99.6 Å². The van der Waals surface area contributed by atoms with Crippen LogP contribution in [-0.2, 0) is 16.1 Å². The summed E-state index contributed by atoms with van der Waals surface area (Å²) in [7, 11) is 0. The standard InChI is InChI=1S/C11H17N3O3/c1-9(4-2-5-11(16)17)13-10(15)8-14-7-3-6-12-14/h3,6-7,9H,2,4-5,8H2,1H3,(H,13,15)(H,16,17). The van der Waals surface area contributed by atoms with E-state index in [1.807, 2.05) is 6.92 Å². The summed E-state index contributed by atoms with van der Waals surface area (Å²) < 4.78 is 1.54. The molecule has 17 heavy (non-hydrogen) atoms. The number of hydrogen-bond donors (Lipinski definition) is 2. The van der Waals surface area contributed by atoms with Crippen molar-refractivity contribution < 1.29 is 14.7 Å². The number of rotatable bonds is 7. The second-order valence-electron chi connectivity index (χ2n) is 3.96. The molecule has 0 saturated heterocycles. The van der Waals surface area contributed by atoms with Crippen molar-refractivity contribution in [3.8, 4) is 0 Å². The number of carbonyl (C=O) groups is 2. The van der Waals surface area contributed by atoms with Crippen molar-refractivity contribution >= 4 is 11.9 Å². The van der Waals surface area contributed by atoms with Gasteiger partial charge in [-0.2, -0.15) is 5.10 Å². The van der Waals surface area contributed by atoms with Gasteiger partial charge in [0.05, 0.1) is 0 Å². The predicted molar refractivity (Wildman–Crippen MR) is 61.3 cm³/mol. The number of carboxylic acid groups (broad SMARTS) is 1. The molecular weight excluding hydrogens is 222 g/mol. The van der Waals surface area contributed by atoms with Crippen LogP contribution in [0.5, 0.6) is 0 Å². The van der Waals surface area contributed by atoms with Crippen molar-refractivity contribution in [2.24, 2.45) is 0 Å². The van der Waals surface area contributed by atoms with Crippen LogP contribution in [0.3, 0.4) is 0 Å². The maximum atomic E-state index is 11.5. The Kier molecular flexibility index (Phi) is 5.19. The van der Waals surface area contributed by atoms with E-state index in [1.165, 1.54) is 0 Å². The first-order valence-electron chi connectivity index (χ1n) is 5.56. The summed E-state index contributed by atoms with van der Waals surface area (Å²) in [4.78, 5) is 21.8. The molecule has 1 atom stereocenters. The van der Waals surface area contributed by atoms with Gasteiger partial charge in [0.15, 0.2) is 0 Å². The molecule has 94 valence electrons. The Morgan fingerprint density at radius 1 is 1.53 bits per heavy atom. The summed E-state index contributed by atoms with van der Waals surface area (Å²) in [5.41, 5.74) is 0. The van der Waals surface area contributed by atoms with Crippen molar-refractivity contribution in [3.05, 3.63) is 18.5 Å². The number of hydrogen-bond acceptors (Lipinski definition) is 3. The lowest BCUT2D eigenvalue weighted by atomic mass is 10.1. The second kappa shape index (κ2) is 6.67. The molecule has 0 aromatic carbocycles. The molecule has 0 radical (unpaired) electrons. The van der Waals surface area contributed by atoms with E-state index in [0.717, 1.165) is 0 Å². The first-order valence-corrected chi connectivity index (χ1v) is 5.56. The molecule has 2 N–H and O–H groups in total. The molecule has 0 bridgehead atoms. The first-order chi connectivity index (χ1) is 8.08.